The third-order valence-corrected chi connectivity index (χ3v) is 1.73. The lowest BCUT2D eigenvalue weighted by Gasteiger charge is -2.04. The summed E-state index contributed by atoms with van der Waals surface area (Å²) in [6, 6.07) is 1.78. The molecule has 0 amide bonds. The van der Waals surface area contributed by atoms with Crippen molar-refractivity contribution in [2.24, 2.45) is 0 Å². The molecule has 0 atom stereocenters. The van der Waals surface area contributed by atoms with Gasteiger partial charge in [0.2, 0.25) is 5.88 Å². The van der Waals surface area contributed by atoms with Crippen LogP contribution in [-0.4, -0.2) is 12.1 Å². The molecule has 12 heavy (non-hydrogen) atoms. The smallest absolute Gasteiger partial charge is 0.218 e. The van der Waals surface area contributed by atoms with Crippen molar-refractivity contribution in [1.82, 2.24) is 4.98 Å². The topological polar surface area (TPSA) is 22.1 Å². The first-order valence-electron chi connectivity index (χ1n) is 3.89. The maximum atomic E-state index is 12.4. The molecule has 0 fully saturated rings. The number of methoxy groups -OCH3 is 1. The van der Waals surface area contributed by atoms with Crippen LogP contribution in [0.1, 0.15) is 18.1 Å². The van der Waals surface area contributed by atoms with E-state index in [9.17, 15) is 4.39 Å². The molecular formula is C9H12FNO. The van der Waals surface area contributed by atoms with E-state index < -0.39 is 6.67 Å². The van der Waals surface area contributed by atoms with Crippen molar-refractivity contribution < 1.29 is 9.13 Å². The summed E-state index contributed by atoms with van der Waals surface area (Å²) >= 11 is 0. The first kappa shape index (κ1) is 8.97. The quantitative estimate of drug-likeness (QED) is 0.691. The minimum atomic E-state index is -0.524. The van der Waals surface area contributed by atoms with Crippen molar-refractivity contribution in [3.8, 4) is 5.88 Å². The van der Waals surface area contributed by atoms with E-state index in [-0.39, 0.29) is 0 Å². The van der Waals surface area contributed by atoms with Gasteiger partial charge in [-0.2, -0.15) is 0 Å². The van der Waals surface area contributed by atoms with Gasteiger partial charge < -0.3 is 4.74 Å². The number of hydrogen-bond donors (Lipinski definition) is 0. The molecule has 0 spiro atoms. The van der Waals surface area contributed by atoms with Crippen LogP contribution >= 0.6 is 0 Å². The summed E-state index contributed by atoms with van der Waals surface area (Å²) < 4.78 is 17.3. The fraction of sp³-hybridized carbons (Fsp3) is 0.444. The standard InChI is InChI=1S/C9H12FNO/c1-3-7-4-8(5-10)9(12-2)11-6-7/h4,6H,3,5H2,1-2H3. The summed E-state index contributed by atoms with van der Waals surface area (Å²) in [6.45, 7) is 1.48. The minimum Gasteiger partial charge on any atom is -0.481 e. The fourth-order valence-electron chi connectivity index (χ4n) is 1.02. The molecule has 3 heteroatoms. The van der Waals surface area contributed by atoms with Gasteiger partial charge in [-0.25, -0.2) is 9.37 Å². The Labute approximate surface area is 71.4 Å². The van der Waals surface area contributed by atoms with Crippen LogP contribution < -0.4 is 4.74 Å². The van der Waals surface area contributed by atoms with Gasteiger partial charge in [0.1, 0.15) is 6.67 Å². The minimum absolute atomic E-state index is 0.384. The molecule has 0 aliphatic carbocycles. The van der Waals surface area contributed by atoms with E-state index in [1.54, 1.807) is 12.3 Å². The average Bonchev–Trinajstić information content (AvgIpc) is 2.16. The van der Waals surface area contributed by atoms with Gasteiger partial charge in [-0.1, -0.05) is 6.92 Å². The SMILES string of the molecule is CCc1cnc(OC)c(CF)c1. The summed E-state index contributed by atoms with van der Waals surface area (Å²) in [5.74, 6) is 0.384. The van der Waals surface area contributed by atoms with Crippen LogP contribution in [0.4, 0.5) is 4.39 Å². The highest BCUT2D eigenvalue weighted by Gasteiger charge is 2.03. The Bertz CT molecular complexity index is 263. The Morgan fingerprint density at radius 1 is 1.58 bits per heavy atom. The van der Waals surface area contributed by atoms with Crippen LogP contribution in [0.3, 0.4) is 0 Å². The van der Waals surface area contributed by atoms with Crippen LogP contribution in [-0.2, 0) is 13.1 Å². The molecule has 0 aromatic carbocycles. The van der Waals surface area contributed by atoms with Crippen LogP contribution in [0.25, 0.3) is 0 Å². The first-order valence-corrected chi connectivity index (χ1v) is 3.89. The third kappa shape index (κ3) is 1.72. The van der Waals surface area contributed by atoms with Crippen molar-refractivity contribution >= 4 is 0 Å². The van der Waals surface area contributed by atoms with Gasteiger partial charge in [-0.05, 0) is 18.1 Å². The Morgan fingerprint density at radius 2 is 2.33 bits per heavy atom. The number of hydrogen-bond acceptors (Lipinski definition) is 2. The first-order chi connectivity index (χ1) is 5.81. The zero-order chi connectivity index (χ0) is 8.97. The fourth-order valence-corrected chi connectivity index (χ4v) is 1.02. The zero-order valence-electron chi connectivity index (χ0n) is 7.30. The van der Waals surface area contributed by atoms with E-state index >= 15 is 0 Å². The van der Waals surface area contributed by atoms with E-state index in [1.807, 2.05) is 6.92 Å². The summed E-state index contributed by atoms with van der Waals surface area (Å²) in [7, 11) is 1.49. The number of nitrogens with zero attached hydrogens (tertiary/aromatic N) is 1. The van der Waals surface area contributed by atoms with Gasteiger partial charge in [0, 0.05) is 11.8 Å². The zero-order valence-corrected chi connectivity index (χ0v) is 7.30. The van der Waals surface area contributed by atoms with Gasteiger partial charge >= 0.3 is 0 Å². The van der Waals surface area contributed by atoms with E-state index in [1.165, 1.54) is 7.11 Å². The second-order valence-corrected chi connectivity index (χ2v) is 2.50. The highest BCUT2D eigenvalue weighted by molar-refractivity contribution is 5.29. The van der Waals surface area contributed by atoms with Crippen molar-refractivity contribution in [2.45, 2.75) is 20.0 Å². The number of ether oxygens (including phenoxy) is 1. The van der Waals surface area contributed by atoms with Gasteiger partial charge in [0.05, 0.1) is 7.11 Å². The Balaban J connectivity index is 3.02. The van der Waals surface area contributed by atoms with E-state index in [0.29, 0.717) is 11.4 Å². The van der Waals surface area contributed by atoms with Crippen molar-refractivity contribution in [2.75, 3.05) is 7.11 Å². The molecular weight excluding hydrogens is 157 g/mol. The number of rotatable bonds is 3. The molecule has 0 N–H and O–H groups in total. The van der Waals surface area contributed by atoms with Gasteiger partial charge in [-0.15, -0.1) is 0 Å². The van der Waals surface area contributed by atoms with Crippen LogP contribution in [0.5, 0.6) is 5.88 Å². The summed E-state index contributed by atoms with van der Waals surface area (Å²) in [5, 5.41) is 0. The molecule has 0 aliphatic heterocycles. The molecule has 0 radical (unpaired) electrons. The maximum absolute atomic E-state index is 12.4. The lowest BCUT2D eigenvalue weighted by atomic mass is 10.2. The molecule has 0 bridgehead atoms. The molecule has 66 valence electrons. The van der Waals surface area contributed by atoms with E-state index in [0.717, 1.165) is 12.0 Å². The summed E-state index contributed by atoms with van der Waals surface area (Å²) in [5.41, 5.74) is 1.56. The maximum Gasteiger partial charge on any atom is 0.218 e. The number of aromatic nitrogens is 1. The molecule has 0 saturated heterocycles. The molecule has 1 heterocycles. The van der Waals surface area contributed by atoms with Gasteiger partial charge in [0.15, 0.2) is 0 Å². The number of aryl methyl sites for hydroxylation is 1. The second-order valence-electron chi connectivity index (χ2n) is 2.50. The van der Waals surface area contributed by atoms with Crippen LogP contribution in [0.15, 0.2) is 12.3 Å². The van der Waals surface area contributed by atoms with Crippen LogP contribution in [0, 0.1) is 0 Å². The summed E-state index contributed by atoms with van der Waals surface area (Å²) in [4.78, 5) is 3.98. The Morgan fingerprint density at radius 3 is 2.83 bits per heavy atom. The molecule has 1 aromatic heterocycles. The lowest BCUT2D eigenvalue weighted by molar-refractivity contribution is 0.378. The van der Waals surface area contributed by atoms with E-state index in [4.69, 9.17) is 4.74 Å². The third-order valence-electron chi connectivity index (χ3n) is 1.73. The van der Waals surface area contributed by atoms with Crippen molar-refractivity contribution in [3.05, 3.63) is 23.4 Å². The molecule has 1 rings (SSSR count). The predicted octanol–water partition coefficient (Wildman–Crippen LogP) is 2.12. The molecule has 0 saturated carbocycles. The van der Waals surface area contributed by atoms with E-state index in [2.05, 4.69) is 4.98 Å². The number of halogens is 1. The largest absolute Gasteiger partial charge is 0.481 e. The van der Waals surface area contributed by atoms with Crippen molar-refractivity contribution in [1.29, 1.82) is 0 Å². The Hall–Kier alpha value is -1.12. The molecule has 1 aromatic rings. The molecule has 2 nitrogen and oxygen atoms in total. The molecule has 0 unspecified atom stereocenters. The number of alkyl halides is 1. The highest BCUT2D eigenvalue weighted by atomic mass is 19.1. The predicted molar refractivity (Wildman–Crippen MR) is 45.0 cm³/mol. The molecule has 0 aliphatic rings. The summed E-state index contributed by atoms with van der Waals surface area (Å²) in [6.07, 6.45) is 2.57. The highest BCUT2D eigenvalue weighted by Crippen LogP contribution is 2.17. The lowest BCUT2D eigenvalue weighted by Crippen LogP contribution is -1.95. The van der Waals surface area contributed by atoms with Gasteiger partial charge in [-0.3, -0.25) is 0 Å². The normalized spacial score (nSPS) is 9.92. The van der Waals surface area contributed by atoms with Crippen LogP contribution in [0.2, 0.25) is 0 Å². The second kappa shape index (κ2) is 4.04. The average molecular weight is 169 g/mol. The Kier molecular flexibility index (Phi) is 3.02. The van der Waals surface area contributed by atoms with Crippen molar-refractivity contribution in [3.63, 3.8) is 0 Å². The van der Waals surface area contributed by atoms with Gasteiger partial charge in [0.25, 0.3) is 0 Å². The monoisotopic (exact) mass is 169 g/mol. The number of pyridine rings is 1.